The molecule has 1 fully saturated rings. The van der Waals surface area contributed by atoms with Crippen LogP contribution in [0.5, 0.6) is 0 Å². The van der Waals surface area contributed by atoms with Gasteiger partial charge < -0.3 is 15.5 Å². The lowest BCUT2D eigenvalue weighted by atomic mass is 10.1. The van der Waals surface area contributed by atoms with Crippen LogP contribution in [0.1, 0.15) is 36.9 Å². The topological polar surface area (TPSA) is 57.5 Å². The van der Waals surface area contributed by atoms with E-state index in [0.717, 1.165) is 49.8 Å². The van der Waals surface area contributed by atoms with Crippen LogP contribution < -0.4 is 10.6 Å². The van der Waals surface area contributed by atoms with E-state index in [4.69, 9.17) is 0 Å². The van der Waals surface area contributed by atoms with Crippen molar-refractivity contribution in [2.75, 3.05) is 39.8 Å². The molecule has 2 aromatic rings. The summed E-state index contributed by atoms with van der Waals surface area (Å²) in [6.45, 7) is 7.51. The Bertz CT molecular complexity index is 737. The van der Waals surface area contributed by atoms with Gasteiger partial charge in [0.15, 0.2) is 5.96 Å². The molecule has 0 saturated carbocycles. The molecule has 0 radical (unpaired) electrons. The minimum atomic E-state index is 0. The van der Waals surface area contributed by atoms with Crippen molar-refractivity contribution in [2.24, 2.45) is 4.99 Å². The maximum absolute atomic E-state index is 4.65. The first kappa shape index (κ1) is 23.7. The van der Waals surface area contributed by atoms with Gasteiger partial charge >= 0.3 is 0 Å². The van der Waals surface area contributed by atoms with E-state index < -0.39 is 0 Å². The van der Waals surface area contributed by atoms with Gasteiger partial charge in [0, 0.05) is 32.9 Å². The van der Waals surface area contributed by atoms with E-state index in [1.165, 1.54) is 37.9 Å². The number of para-hydroxylation sites is 1. The number of aliphatic imine (C=N–C) groups is 1. The van der Waals surface area contributed by atoms with Crippen LogP contribution in [0.4, 0.5) is 0 Å². The summed E-state index contributed by atoms with van der Waals surface area (Å²) in [5, 5.41) is 11.5. The first-order valence-corrected chi connectivity index (χ1v) is 10.5. The summed E-state index contributed by atoms with van der Waals surface area (Å²) < 4.78 is 1.97. The van der Waals surface area contributed by atoms with Gasteiger partial charge in [-0.3, -0.25) is 4.99 Å². The van der Waals surface area contributed by atoms with Gasteiger partial charge in [-0.1, -0.05) is 24.6 Å². The van der Waals surface area contributed by atoms with Gasteiger partial charge in [0.1, 0.15) is 0 Å². The molecule has 0 amide bonds. The maximum Gasteiger partial charge on any atom is 0.191 e. The zero-order valence-electron chi connectivity index (χ0n) is 17.7. The third kappa shape index (κ3) is 7.62. The summed E-state index contributed by atoms with van der Waals surface area (Å²) in [5.41, 5.74) is 3.51. The number of aromatic nitrogens is 2. The van der Waals surface area contributed by atoms with E-state index in [1.807, 2.05) is 29.9 Å². The van der Waals surface area contributed by atoms with Crippen LogP contribution >= 0.6 is 24.0 Å². The molecule has 6 nitrogen and oxygen atoms in total. The average Bonchev–Trinajstić information content (AvgIpc) is 3.12. The van der Waals surface area contributed by atoms with Gasteiger partial charge in [-0.05, 0) is 63.4 Å². The molecule has 2 N–H and O–H groups in total. The number of hydrogen-bond donors (Lipinski definition) is 2. The van der Waals surface area contributed by atoms with Gasteiger partial charge in [-0.25, -0.2) is 4.68 Å². The van der Waals surface area contributed by atoms with Crippen molar-refractivity contribution in [1.29, 1.82) is 0 Å². The summed E-state index contributed by atoms with van der Waals surface area (Å²) >= 11 is 0. The first-order valence-electron chi connectivity index (χ1n) is 10.5. The average molecular weight is 510 g/mol. The van der Waals surface area contributed by atoms with E-state index in [-0.39, 0.29) is 24.0 Å². The van der Waals surface area contributed by atoms with Crippen LogP contribution in [-0.2, 0) is 6.42 Å². The lowest BCUT2D eigenvalue weighted by Crippen LogP contribution is -2.42. The predicted molar refractivity (Wildman–Crippen MR) is 132 cm³/mol. The van der Waals surface area contributed by atoms with Crippen LogP contribution in [0.3, 0.4) is 0 Å². The zero-order chi connectivity index (χ0) is 19.6. The highest BCUT2D eigenvalue weighted by atomic mass is 127. The van der Waals surface area contributed by atoms with Crippen LogP contribution in [0.2, 0.25) is 0 Å². The predicted octanol–water partition coefficient (Wildman–Crippen LogP) is 3.38. The molecule has 0 aliphatic carbocycles. The van der Waals surface area contributed by atoms with Crippen molar-refractivity contribution in [3.63, 3.8) is 0 Å². The van der Waals surface area contributed by atoms with E-state index in [9.17, 15) is 0 Å². The van der Waals surface area contributed by atoms with Crippen LogP contribution in [0.25, 0.3) is 5.69 Å². The molecular formula is C22H35IN6. The van der Waals surface area contributed by atoms with Gasteiger partial charge in [-0.15, -0.1) is 24.0 Å². The minimum absolute atomic E-state index is 0. The van der Waals surface area contributed by atoms with Crippen molar-refractivity contribution < 1.29 is 0 Å². The lowest BCUT2D eigenvalue weighted by molar-refractivity contribution is 0.232. The third-order valence-corrected chi connectivity index (χ3v) is 5.33. The number of hydrogen-bond acceptors (Lipinski definition) is 3. The Balaban J connectivity index is 0.00000300. The Morgan fingerprint density at radius 3 is 2.52 bits per heavy atom. The van der Waals surface area contributed by atoms with Crippen LogP contribution in [-0.4, -0.2) is 60.4 Å². The molecule has 1 aliphatic heterocycles. The second-order valence-corrected chi connectivity index (χ2v) is 7.45. The number of aryl methyl sites for hydroxylation is 2. The van der Waals surface area contributed by atoms with Crippen molar-refractivity contribution in [3.05, 3.63) is 47.8 Å². The van der Waals surface area contributed by atoms with Crippen molar-refractivity contribution in [2.45, 2.75) is 39.0 Å². The highest BCUT2D eigenvalue weighted by Gasteiger charge is 2.09. The van der Waals surface area contributed by atoms with E-state index in [2.05, 4.69) is 50.9 Å². The Hall–Kier alpha value is -1.61. The molecule has 1 saturated heterocycles. The quantitative estimate of drug-likeness (QED) is 0.248. The van der Waals surface area contributed by atoms with Crippen molar-refractivity contribution in [1.82, 2.24) is 25.3 Å². The molecule has 2 heterocycles. The molecule has 160 valence electrons. The number of nitrogens with one attached hydrogen (secondary N) is 2. The second-order valence-electron chi connectivity index (χ2n) is 7.45. The molecular weight excluding hydrogens is 475 g/mol. The van der Waals surface area contributed by atoms with E-state index >= 15 is 0 Å². The normalized spacial score (nSPS) is 15.0. The number of likely N-dealkylation sites (tertiary alicyclic amines) is 1. The molecule has 0 atom stereocenters. The largest absolute Gasteiger partial charge is 0.356 e. The number of piperidine rings is 1. The fourth-order valence-corrected chi connectivity index (χ4v) is 3.68. The Kier molecular flexibility index (Phi) is 10.5. The summed E-state index contributed by atoms with van der Waals surface area (Å²) in [7, 11) is 1.84. The first-order chi connectivity index (χ1) is 13.8. The fraction of sp³-hybridized carbons (Fsp3) is 0.545. The van der Waals surface area contributed by atoms with Crippen molar-refractivity contribution >= 4 is 29.9 Å². The summed E-state index contributed by atoms with van der Waals surface area (Å²) in [4.78, 5) is 6.87. The summed E-state index contributed by atoms with van der Waals surface area (Å²) in [5.74, 6) is 0.897. The fourth-order valence-electron chi connectivity index (χ4n) is 3.68. The van der Waals surface area contributed by atoms with Gasteiger partial charge in [0.05, 0.1) is 11.4 Å². The van der Waals surface area contributed by atoms with E-state index in [1.54, 1.807) is 0 Å². The van der Waals surface area contributed by atoms with Gasteiger partial charge in [0.2, 0.25) is 0 Å². The minimum Gasteiger partial charge on any atom is -0.356 e. The van der Waals surface area contributed by atoms with Crippen molar-refractivity contribution in [3.8, 4) is 5.69 Å². The number of benzene rings is 1. The molecule has 1 aromatic carbocycles. The second kappa shape index (κ2) is 12.8. The SMILES string of the molecule is CN=C(NCCCc1cn(-c2ccccc2)nc1C)NCCN1CCCCC1.I. The molecule has 3 rings (SSSR count). The third-order valence-electron chi connectivity index (χ3n) is 5.33. The molecule has 1 aliphatic rings. The van der Waals surface area contributed by atoms with Crippen LogP contribution in [0.15, 0.2) is 41.5 Å². The molecule has 0 bridgehead atoms. The smallest absolute Gasteiger partial charge is 0.191 e. The standard InChI is InChI=1S/C22H34N6.HI/c1-19-20(18-28(26-19)21-11-5-3-6-12-21)10-9-13-24-22(23-2)25-14-17-27-15-7-4-8-16-27;/h3,5-6,11-12,18H,4,7-10,13-17H2,1-2H3,(H2,23,24,25);1H. The highest BCUT2D eigenvalue weighted by molar-refractivity contribution is 14.0. The molecule has 29 heavy (non-hydrogen) atoms. The number of nitrogens with zero attached hydrogens (tertiary/aromatic N) is 4. The monoisotopic (exact) mass is 510 g/mol. The highest BCUT2D eigenvalue weighted by Crippen LogP contribution is 2.13. The maximum atomic E-state index is 4.65. The number of halogens is 1. The molecule has 0 unspecified atom stereocenters. The Morgan fingerprint density at radius 1 is 1.07 bits per heavy atom. The number of guanidine groups is 1. The van der Waals surface area contributed by atoms with Gasteiger partial charge in [0.25, 0.3) is 0 Å². The summed E-state index contributed by atoms with van der Waals surface area (Å²) in [6.07, 6.45) is 8.28. The Labute approximate surface area is 192 Å². The molecule has 0 spiro atoms. The van der Waals surface area contributed by atoms with E-state index in [0.29, 0.717) is 0 Å². The van der Waals surface area contributed by atoms with Gasteiger partial charge in [-0.2, -0.15) is 5.10 Å². The lowest BCUT2D eigenvalue weighted by Gasteiger charge is -2.26. The number of rotatable bonds is 8. The molecule has 1 aromatic heterocycles. The Morgan fingerprint density at radius 2 is 1.79 bits per heavy atom. The summed E-state index contributed by atoms with van der Waals surface area (Å²) in [6, 6.07) is 10.3. The molecule has 7 heteroatoms. The zero-order valence-corrected chi connectivity index (χ0v) is 20.1. The van der Waals surface area contributed by atoms with Crippen LogP contribution in [0, 0.1) is 6.92 Å².